The summed E-state index contributed by atoms with van der Waals surface area (Å²) < 4.78 is 14.6. The molecule has 0 spiro atoms. The number of rotatable bonds is 10. The second-order valence-corrected chi connectivity index (χ2v) is 10.0. The van der Waals surface area contributed by atoms with Gasteiger partial charge in [0.25, 0.3) is 0 Å². The molecule has 34 heavy (non-hydrogen) atoms. The largest absolute Gasteiger partial charge is 0.497 e. The predicted molar refractivity (Wildman–Crippen MR) is 146 cm³/mol. The van der Waals surface area contributed by atoms with E-state index in [0.717, 1.165) is 58.0 Å². The van der Waals surface area contributed by atoms with Crippen LogP contribution in [0.1, 0.15) is 63.2 Å². The fourth-order valence-electron chi connectivity index (χ4n) is 4.03. The molecule has 0 bridgehead atoms. The first-order valence-corrected chi connectivity index (χ1v) is 12.8. The molecular weight excluding hydrogens is 488 g/mol. The Balaban J connectivity index is 2.27. The van der Waals surface area contributed by atoms with E-state index in [0.29, 0.717) is 12.5 Å². The lowest BCUT2D eigenvalue weighted by molar-refractivity contribution is 0.390. The molecule has 1 heterocycles. The zero-order valence-electron chi connectivity index (χ0n) is 21.5. The molecular formula is C29H37BrN2O2. The monoisotopic (exact) mass is 524 g/mol. The second kappa shape index (κ2) is 11.7. The van der Waals surface area contributed by atoms with E-state index >= 15 is 0 Å². The number of aromatic nitrogens is 2. The summed E-state index contributed by atoms with van der Waals surface area (Å²) in [4.78, 5) is 5.20. The van der Waals surface area contributed by atoms with Crippen LogP contribution in [-0.4, -0.2) is 23.8 Å². The third-order valence-electron chi connectivity index (χ3n) is 6.37. The van der Waals surface area contributed by atoms with Gasteiger partial charge in [0.2, 0.25) is 0 Å². The number of imidazole rings is 1. The summed E-state index contributed by atoms with van der Waals surface area (Å²) in [5.74, 6) is 3.19. The van der Waals surface area contributed by atoms with Gasteiger partial charge in [-0.1, -0.05) is 54.8 Å². The first-order valence-electron chi connectivity index (χ1n) is 12.0. The van der Waals surface area contributed by atoms with E-state index in [-0.39, 0.29) is 0 Å². The molecule has 5 heteroatoms. The van der Waals surface area contributed by atoms with Crippen LogP contribution >= 0.6 is 15.9 Å². The van der Waals surface area contributed by atoms with Crippen LogP contribution in [0.2, 0.25) is 0 Å². The van der Waals surface area contributed by atoms with Gasteiger partial charge in [-0.05, 0) is 62.1 Å². The molecule has 0 amide bonds. The highest BCUT2D eigenvalue weighted by atomic mass is 79.9. The number of hydrogen-bond acceptors (Lipinski definition) is 3. The maximum Gasteiger partial charge on any atom is 0.127 e. The normalized spacial score (nSPS) is 11.9. The molecule has 182 valence electrons. The van der Waals surface area contributed by atoms with Gasteiger partial charge in [-0.25, -0.2) is 4.98 Å². The number of hydrogen-bond donors (Lipinski definition) is 0. The van der Waals surface area contributed by atoms with Crippen LogP contribution in [0.25, 0.3) is 17.3 Å². The van der Waals surface area contributed by atoms with Gasteiger partial charge in [0.1, 0.15) is 17.3 Å². The van der Waals surface area contributed by atoms with Crippen molar-refractivity contribution in [2.45, 2.75) is 60.4 Å². The molecule has 0 saturated carbocycles. The molecule has 0 aliphatic rings. The van der Waals surface area contributed by atoms with Gasteiger partial charge in [0.15, 0.2) is 0 Å². The van der Waals surface area contributed by atoms with Crippen LogP contribution < -0.4 is 9.47 Å². The van der Waals surface area contributed by atoms with Crippen molar-refractivity contribution < 1.29 is 9.47 Å². The summed E-state index contributed by atoms with van der Waals surface area (Å²) in [6.07, 6.45) is 5.42. The first-order chi connectivity index (χ1) is 16.3. The maximum absolute atomic E-state index is 5.74. The van der Waals surface area contributed by atoms with Gasteiger partial charge in [-0.3, -0.25) is 0 Å². The minimum atomic E-state index is 0.463. The molecule has 0 N–H and O–H groups in total. The molecule has 0 atom stereocenters. The lowest BCUT2D eigenvalue weighted by Gasteiger charge is -2.17. The third kappa shape index (κ3) is 5.93. The highest BCUT2D eigenvalue weighted by Gasteiger charge is 2.21. The summed E-state index contributed by atoms with van der Waals surface area (Å²) in [6, 6.07) is 12.5. The topological polar surface area (TPSA) is 36.3 Å². The average Bonchev–Trinajstić information content (AvgIpc) is 3.14. The van der Waals surface area contributed by atoms with Crippen molar-refractivity contribution in [3.8, 4) is 22.8 Å². The lowest BCUT2D eigenvalue weighted by Crippen LogP contribution is -2.09. The van der Waals surface area contributed by atoms with Crippen LogP contribution in [0.15, 0.2) is 46.4 Å². The Morgan fingerprint density at radius 2 is 1.88 bits per heavy atom. The third-order valence-corrected chi connectivity index (χ3v) is 6.86. The average molecular weight is 526 g/mol. The summed E-state index contributed by atoms with van der Waals surface area (Å²) in [5.41, 5.74) is 7.05. The van der Waals surface area contributed by atoms with Crippen LogP contribution in [0.5, 0.6) is 11.5 Å². The van der Waals surface area contributed by atoms with Crippen LogP contribution in [0.3, 0.4) is 0 Å². The summed E-state index contributed by atoms with van der Waals surface area (Å²) >= 11 is 3.63. The zero-order chi connectivity index (χ0) is 24.8. The summed E-state index contributed by atoms with van der Waals surface area (Å²) in [7, 11) is 3.39. The number of allylic oxidation sites excluding steroid dienone is 1. The zero-order valence-corrected chi connectivity index (χ0v) is 23.1. The predicted octanol–water partition coefficient (Wildman–Crippen LogP) is 8.09. The number of unbranched alkanes of at least 4 members (excludes halogenated alkanes) is 1. The fourth-order valence-corrected chi connectivity index (χ4v) is 4.50. The second-order valence-electron chi connectivity index (χ2n) is 9.13. The number of ether oxygens (including phenoxy) is 2. The minimum absolute atomic E-state index is 0.463. The lowest BCUT2D eigenvalue weighted by atomic mass is 10.00. The Morgan fingerprint density at radius 1 is 1.12 bits per heavy atom. The molecule has 3 aromatic rings. The van der Waals surface area contributed by atoms with E-state index in [4.69, 9.17) is 14.5 Å². The molecule has 0 saturated heterocycles. The van der Waals surface area contributed by atoms with Crippen molar-refractivity contribution in [3.63, 3.8) is 0 Å². The molecule has 0 aliphatic heterocycles. The van der Waals surface area contributed by atoms with E-state index in [2.05, 4.69) is 85.5 Å². The van der Waals surface area contributed by atoms with E-state index < -0.39 is 0 Å². The highest BCUT2D eigenvalue weighted by Crippen LogP contribution is 2.34. The Kier molecular flexibility index (Phi) is 9.01. The quantitative estimate of drug-likeness (QED) is 0.268. The molecule has 0 fully saturated rings. The number of halogens is 1. The number of nitrogens with zero attached hydrogens (tertiary/aromatic N) is 2. The Hall–Kier alpha value is -2.53. The smallest absolute Gasteiger partial charge is 0.127 e. The molecule has 0 aliphatic carbocycles. The number of benzene rings is 2. The van der Waals surface area contributed by atoms with E-state index in [1.165, 1.54) is 16.7 Å². The minimum Gasteiger partial charge on any atom is -0.497 e. The Bertz CT molecular complexity index is 1160. The van der Waals surface area contributed by atoms with Gasteiger partial charge in [-0.2, -0.15) is 0 Å². The van der Waals surface area contributed by atoms with Gasteiger partial charge in [0, 0.05) is 28.1 Å². The van der Waals surface area contributed by atoms with E-state index in [1.54, 1.807) is 14.2 Å². The van der Waals surface area contributed by atoms with Crippen LogP contribution in [0.4, 0.5) is 0 Å². The highest BCUT2D eigenvalue weighted by molar-refractivity contribution is 9.10. The van der Waals surface area contributed by atoms with Gasteiger partial charge >= 0.3 is 0 Å². The Morgan fingerprint density at radius 3 is 2.50 bits per heavy atom. The molecule has 0 unspecified atom stereocenters. The van der Waals surface area contributed by atoms with E-state index in [9.17, 15) is 0 Å². The van der Waals surface area contributed by atoms with Gasteiger partial charge < -0.3 is 14.0 Å². The van der Waals surface area contributed by atoms with Crippen LogP contribution in [-0.2, 0) is 13.0 Å². The Labute approximate surface area is 213 Å². The van der Waals surface area contributed by atoms with Crippen molar-refractivity contribution in [2.75, 3.05) is 14.2 Å². The fraction of sp³-hybridized carbons (Fsp3) is 0.414. The van der Waals surface area contributed by atoms with Crippen molar-refractivity contribution in [3.05, 3.63) is 69.1 Å². The van der Waals surface area contributed by atoms with Gasteiger partial charge in [0.05, 0.1) is 32.2 Å². The van der Waals surface area contributed by atoms with Crippen molar-refractivity contribution in [2.24, 2.45) is 5.92 Å². The standard InChI is InChI=1S/C29H37BrN2O2/c1-8-9-10-28-31-26(16-20(4)19(2)3)29(25-14-12-23(30)15-21(25)5)32(28)18-22-11-13-24(33-6)17-27(22)34-7/h11-17,19H,8-10,18H2,1-7H3. The molecule has 0 radical (unpaired) electrons. The number of methoxy groups -OCH3 is 2. The molecule has 1 aromatic heterocycles. The summed E-state index contributed by atoms with van der Waals surface area (Å²) in [5, 5.41) is 0. The molecule has 2 aromatic carbocycles. The van der Waals surface area contributed by atoms with Crippen molar-refractivity contribution >= 4 is 22.0 Å². The van der Waals surface area contributed by atoms with Gasteiger partial charge in [-0.15, -0.1) is 0 Å². The first kappa shape index (κ1) is 26.1. The van der Waals surface area contributed by atoms with Crippen molar-refractivity contribution in [1.82, 2.24) is 9.55 Å². The van der Waals surface area contributed by atoms with Crippen LogP contribution in [0, 0.1) is 12.8 Å². The molecule has 4 nitrogen and oxygen atoms in total. The van der Waals surface area contributed by atoms with E-state index in [1.807, 2.05) is 12.1 Å². The molecule has 3 rings (SSSR count). The maximum atomic E-state index is 5.74. The SMILES string of the molecule is CCCCc1nc(C=C(C)C(C)C)c(-c2ccc(Br)cc2C)n1Cc1ccc(OC)cc1OC. The summed E-state index contributed by atoms with van der Waals surface area (Å²) in [6.45, 7) is 11.7. The number of aryl methyl sites for hydroxylation is 2. The van der Waals surface area contributed by atoms with Crippen molar-refractivity contribution in [1.29, 1.82) is 0 Å².